The molecule has 0 aromatic heterocycles. The Labute approximate surface area is 119 Å². The van der Waals surface area contributed by atoms with Crippen LogP contribution in [0.5, 0.6) is 0 Å². The molecule has 0 saturated heterocycles. The van der Waals surface area contributed by atoms with Gasteiger partial charge in [-0.15, -0.1) is 0 Å². The Hall–Kier alpha value is -1.12. The number of benzene rings is 1. The van der Waals surface area contributed by atoms with E-state index in [1.54, 1.807) is 0 Å². The van der Waals surface area contributed by atoms with E-state index in [0.29, 0.717) is 5.02 Å². The summed E-state index contributed by atoms with van der Waals surface area (Å²) in [5.41, 5.74) is 0. The van der Waals surface area contributed by atoms with Crippen LogP contribution in [0.15, 0.2) is 29.2 Å². The molecule has 1 atom stereocenters. The van der Waals surface area contributed by atoms with Gasteiger partial charge in [0, 0.05) is 34.4 Å². The fourth-order valence-electron chi connectivity index (χ4n) is 1.14. The van der Waals surface area contributed by atoms with E-state index < -0.39 is 26.9 Å². The number of hydrogen-bond donors (Lipinski definition) is 2. The van der Waals surface area contributed by atoms with Crippen molar-refractivity contribution in [1.82, 2.24) is 10.0 Å². The molecule has 0 spiro atoms. The number of nitrogens with one attached hydrogen (secondary N) is 2. The van der Waals surface area contributed by atoms with Crippen LogP contribution >= 0.6 is 11.6 Å². The Morgan fingerprint density at radius 3 is 2.42 bits per heavy atom. The summed E-state index contributed by atoms with van der Waals surface area (Å²) in [6.45, 7) is 0.130. The molecule has 19 heavy (non-hydrogen) atoms. The van der Waals surface area contributed by atoms with Crippen molar-refractivity contribution in [2.75, 3.05) is 18.6 Å². The number of sulfonamides is 1. The predicted octanol–water partition coefficient (Wildman–Crippen LogP) is 0.706. The highest BCUT2D eigenvalue weighted by atomic mass is 35.5. The minimum Gasteiger partial charge on any atom is -0.336 e. The second kappa shape index (κ2) is 6.88. The summed E-state index contributed by atoms with van der Waals surface area (Å²) in [7, 11) is -4.97. The van der Waals surface area contributed by atoms with Crippen molar-refractivity contribution in [2.24, 2.45) is 0 Å². The monoisotopic (exact) mass is 324 g/mol. The maximum Gasteiger partial charge on any atom is 0.328 e. The Morgan fingerprint density at radius 1 is 1.32 bits per heavy atom. The molecule has 0 aliphatic rings. The van der Waals surface area contributed by atoms with Gasteiger partial charge >= 0.3 is 6.03 Å². The molecule has 1 aromatic rings. The molecule has 1 rings (SSSR count). The fourth-order valence-corrected chi connectivity index (χ4v) is 2.58. The number of carbonyl (C=O) groups excluding carboxylic acids is 1. The smallest absolute Gasteiger partial charge is 0.328 e. The molecule has 0 saturated carbocycles. The molecule has 1 aromatic carbocycles. The molecule has 2 amide bonds. The number of urea groups is 1. The van der Waals surface area contributed by atoms with Gasteiger partial charge in [-0.3, -0.25) is 4.21 Å². The molecule has 9 heteroatoms. The molecular weight excluding hydrogens is 312 g/mol. The highest BCUT2D eigenvalue weighted by Gasteiger charge is 2.16. The average Bonchev–Trinajstić information content (AvgIpc) is 2.28. The van der Waals surface area contributed by atoms with Gasteiger partial charge in [0.15, 0.2) is 0 Å². The van der Waals surface area contributed by atoms with Crippen molar-refractivity contribution < 1.29 is 17.4 Å². The second-order valence-corrected chi connectivity index (χ2v) is 7.27. The lowest BCUT2D eigenvalue weighted by atomic mass is 10.4. The van der Waals surface area contributed by atoms with Crippen molar-refractivity contribution in [1.29, 1.82) is 0 Å². The zero-order valence-electron chi connectivity index (χ0n) is 10.1. The van der Waals surface area contributed by atoms with Gasteiger partial charge in [0.2, 0.25) is 0 Å². The van der Waals surface area contributed by atoms with Gasteiger partial charge in [0.05, 0.1) is 4.90 Å². The van der Waals surface area contributed by atoms with Gasteiger partial charge < -0.3 is 5.32 Å². The topological polar surface area (TPSA) is 92.3 Å². The Bertz CT molecular complexity index is 572. The summed E-state index contributed by atoms with van der Waals surface area (Å²) in [5, 5.41) is 2.70. The first-order chi connectivity index (χ1) is 8.81. The molecule has 6 nitrogen and oxygen atoms in total. The van der Waals surface area contributed by atoms with Crippen LogP contribution in [0.4, 0.5) is 4.79 Å². The zero-order chi connectivity index (χ0) is 14.5. The quantitative estimate of drug-likeness (QED) is 0.834. The third-order valence-corrected chi connectivity index (χ3v) is 4.40. The van der Waals surface area contributed by atoms with Crippen molar-refractivity contribution in [3.05, 3.63) is 29.3 Å². The molecule has 0 unspecified atom stereocenters. The summed E-state index contributed by atoms with van der Waals surface area (Å²) in [5.74, 6) is 0.258. The molecule has 0 aliphatic carbocycles. The minimum absolute atomic E-state index is 0.0638. The van der Waals surface area contributed by atoms with Gasteiger partial charge in [-0.1, -0.05) is 11.6 Å². The fraction of sp³-hybridized carbons (Fsp3) is 0.300. The van der Waals surface area contributed by atoms with Crippen molar-refractivity contribution in [2.45, 2.75) is 4.90 Å². The van der Waals surface area contributed by atoms with Gasteiger partial charge in [0.1, 0.15) is 0 Å². The molecule has 0 fully saturated rings. The maximum atomic E-state index is 11.8. The van der Waals surface area contributed by atoms with Crippen LogP contribution in [0.1, 0.15) is 0 Å². The Morgan fingerprint density at radius 2 is 1.89 bits per heavy atom. The molecule has 0 aliphatic heterocycles. The van der Waals surface area contributed by atoms with Gasteiger partial charge in [0.25, 0.3) is 10.0 Å². The van der Waals surface area contributed by atoms with Crippen LogP contribution in [-0.2, 0) is 20.8 Å². The van der Waals surface area contributed by atoms with E-state index in [1.165, 1.54) is 30.5 Å². The van der Waals surface area contributed by atoms with E-state index in [-0.39, 0.29) is 17.2 Å². The summed E-state index contributed by atoms with van der Waals surface area (Å²) in [6, 6.07) is 4.54. The summed E-state index contributed by atoms with van der Waals surface area (Å²) in [6.07, 6.45) is 1.49. The number of hydrogen-bond acceptors (Lipinski definition) is 4. The van der Waals surface area contributed by atoms with Gasteiger partial charge in [-0.05, 0) is 24.3 Å². The molecular formula is C10H13ClN2O4S2. The van der Waals surface area contributed by atoms with E-state index in [2.05, 4.69) is 5.32 Å². The molecule has 0 heterocycles. The van der Waals surface area contributed by atoms with Crippen molar-refractivity contribution in [3.8, 4) is 0 Å². The van der Waals surface area contributed by atoms with Crippen molar-refractivity contribution in [3.63, 3.8) is 0 Å². The van der Waals surface area contributed by atoms with E-state index in [4.69, 9.17) is 11.6 Å². The summed E-state index contributed by atoms with van der Waals surface area (Å²) in [4.78, 5) is 11.3. The largest absolute Gasteiger partial charge is 0.336 e. The Balaban J connectivity index is 2.62. The lowest BCUT2D eigenvalue weighted by Gasteiger charge is -2.08. The third-order valence-electron chi connectivity index (χ3n) is 2.03. The third kappa shape index (κ3) is 5.58. The van der Waals surface area contributed by atoms with Crippen LogP contribution < -0.4 is 10.0 Å². The first-order valence-corrected chi connectivity index (χ1v) is 8.76. The molecule has 106 valence electrons. The zero-order valence-corrected chi connectivity index (χ0v) is 12.4. The number of rotatable bonds is 5. The van der Waals surface area contributed by atoms with Crippen LogP contribution in [0.3, 0.4) is 0 Å². The normalized spacial score (nSPS) is 12.7. The summed E-state index contributed by atoms with van der Waals surface area (Å²) >= 11 is 5.64. The van der Waals surface area contributed by atoms with Gasteiger partial charge in [-0.25, -0.2) is 17.9 Å². The molecule has 0 bridgehead atoms. The number of amides is 2. The van der Waals surface area contributed by atoms with Crippen LogP contribution in [0, 0.1) is 0 Å². The van der Waals surface area contributed by atoms with E-state index in [9.17, 15) is 17.4 Å². The van der Waals surface area contributed by atoms with E-state index >= 15 is 0 Å². The second-order valence-electron chi connectivity index (χ2n) is 3.59. The molecule has 2 N–H and O–H groups in total. The maximum absolute atomic E-state index is 11.8. The van der Waals surface area contributed by atoms with Crippen LogP contribution in [-0.4, -0.2) is 37.2 Å². The highest BCUT2D eigenvalue weighted by Crippen LogP contribution is 2.13. The standard InChI is InChI=1S/C10H13ClN2O4S2/c1-18(15)7-6-12-10(14)13-19(16,17)9-4-2-8(11)3-5-9/h2-5H,6-7H2,1H3,(H2,12,13,14)/t18-/m1/s1. The highest BCUT2D eigenvalue weighted by molar-refractivity contribution is 7.90. The van der Waals surface area contributed by atoms with Gasteiger partial charge in [-0.2, -0.15) is 0 Å². The summed E-state index contributed by atoms with van der Waals surface area (Å²) < 4.78 is 36.2. The Kier molecular flexibility index (Phi) is 5.77. The molecule has 0 radical (unpaired) electrons. The van der Waals surface area contributed by atoms with E-state index in [1.807, 2.05) is 4.72 Å². The number of carbonyl (C=O) groups is 1. The average molecular weight is 325 g/mol. The SMILES string of the molecule is C[S@@](=O)CCNC(=O)NS(=O)(=O)c1ccc(Cl)cc1. The van der Waals surface area contributed by atoms with E-state index in [0.717, 1.165) is 0 Å². The minimum atomic E-state index is -3.92. The predicted molar refractivity (Wildman–Crippen MR) is 74.1 cm³/mol. The lowest BCUT2D eigenvalue weighted by Crippen LogP contribution is -2.40. The first-order valence-electron chi connectivity index (χ1n) is 5.17. The van der Waals surface area contributed by atoms with Crippen LogP contribution in [0.25, 0.3) is 0 Å². The van der Waals surface area contributed by atoms with Crippen LogP contribution in [0.2, 0.25) is 5.02 Å². The lowest BCUT2D eigenvalue weighted by molar-refractivity contribution is 0.246. The van der Waals surface area contributed by atoms with Crippen molar-refractivity contribution >= 4 is 38.5 Å². The number of halogens is 1. The first kappa shape index (κ1) is 15.9.